The van der Waals surface area contributed by atoms with E-state index >= 15 is 0 Å². The molecule has 0 aliphatic carbocycles. The first-order valence-corrected chi connectivity index (χ1v) is 5.65. The average molecular weight is 281 g/mol. The first kappa shape index (κ1) is 13.2. The fourth-order valence-electron chi connectivity index (χ4n) is 1.53. The molecule has 2 rings (SSSR count). The molecule has 0 aliphatic rings. The fraction of sp³-hybridized carbons (Fsp3) is 0.0769. The molecule has 1 aromatic carbocycles. The predicted molar refractivity (Wildman–Crippen MR) is 70.1 cm³/mol. The van der Waals surface area contributed by atoms with E-state index in [1.807, 2.05) is 0 Å². The van der Waals surface area contributed by atoms with Gasteiger partial charge in [0, 0.05) is 11.5 Å². The topological polar surface area (TPSA) is 76.7 Å². The summed E-state index contributed by atoms with van der Waals surface area (Å²) in [4.78, 5) is 22.3. The summed E-state index contributed by atoms with van der Waals surface area (Å²) >= 11 is 5.98. The molecule has 6 heteroatoms. The highest BCUT2D eigenvalue weighted by molar-refractivity contribution is 6.32. The third kappa shape index (κ3) is 2.61. The molecule has 1 N–H and O–H groups in total. The van der Waals surface area contributed by atoms with Crippen molar-refractivity contribution in [3.05, 3.63) is 51.9 Å². The quantitative estimate of drug-likeness (QED) is 0.688. The van der Waals surface area contributed by atoms with Crippen molar-refractivity contribution in [1.29, 1.82) is 0 Å². The van der Waals surface area contributed by atoms with Crippen LogP contribution in [0.1, 0.15) is 10.4 Å². The van der Waals surface area contributed by atoms with Gasteiger partial charge in [0.05, 0.1) is 5.02 Å². The lowest BCUT2D eigenvalue weighted by atomic mass is 10.2. The number of hydrogen-bond donors (Lipinski definition) is 1. The maximum Gasteiger partial charge on any atom is 0.351 e. The van der Waals surface area contributed by atoms with Gasteiger partial charge in [-0.25, -0.2) is 9.59 Å². The summed E-state index contributed by atoms with van der Waals surface area (Å²) in [7, 11) is 0. The highest BCUT2D eigenvalue weighted by atomic mass is 35.5. The van der Waals surface area contributed by atoms with Crippen molar-refractivity contribution in [2.75, 3.05) is 6.61 Å². The molecule has 5 nitrogen and oxygen atoms in total. The first-order valence-electron chi connectivity index (χ1n) is 5.27. The van der Waals surface area contributed by atoms with Crippen LogP contribution in [0.15, 0.2) is 40.1 Å². The van der Waals surface area contributed by atoms with E-state index in [2.05, 4.69) is 6.58 Å². The maximum absolute atomic E-state index is 11.4. The highest BCUT2D eigenvalue weighted by Gasteiger charge is 2.14. The van der Waals surface area contributed by atoms with Gasteiger partial charge in [0.15, 0.2) is 0 Å². The number of carbonyl (C=O) groups is 1. The Labute approximate surface area is 112 Å². The van der Waals surface area contributed by atoms with Crippen LogP contribution >= 0.6 is 11.6 Å². The van der Waals surface area contributed by atoms with E-state index in [-0.39, 0.29) is 12.2 Å². The van der Waals surface area contributed by atoms with E-state index in [4.69, 9.17) is 25.9 Å². The number of ether oxygens (including phenoxy) is 1. The Morgan fingerprint density at radius 1 is 1.47 bits per heavy atom. The van der Waals surface area contributed by atoms with Crippen molar-refractivity contribution in [3.8, 4) is 5.75 Å². The molecule has 19 heavy (non-hydrogen) atoms. The van der Waals surface area contributed by atoms with Gasteiger partial charge in [-0.3, -0.25) is 0 Å². The molecule has 0 unspecified atom stereocenters. The standard InChI is InChI=1S/C13H9ClO5/c1-2-3-18-11-6-10-7(5-9(11)14)4-8(12(15)16)13(17)19-10/h2,4-6H,1,3H2,(H,15,16). The number of aromatic carboxylic acids is 1. The zero-order chi connectivity index (χ0) is 14.0. The van der Waals surface area contributed by atoms with Gasteiger partial charge in [-0.05, 0) is 12.1 Å². The van der Waals surface area contributed by atoms with E-state index in [1.54, 1.807) is 6.08 Å². The normalized spacial score (nSPS) is 10.4. The van der Waals surface area contributed by atoms with Crippen molar-refractivity contribution in [2.45, 2.75) is 0 Å². The SMILES string of the molecule is C=CCOc1cc2oc(=O)c(C(=O)O)cc2cc1Cl. The Kier molecular flexibility index (Phi) is 3.57. The van der Waals surface area contributed by atoms with Crippen molar-refractivity contribution < 1.29 is 19.1 Å². The van der Waals surface area contributed by atoms with Gasteiger partial charge >= 0.3 is 11.6 Å². The number of hydrogen-bond acceptors (Lipinski definition) is 4. The monoisotopic (exact) mass is 280 g/mol. The third-order valence-corrected chi connectivity index (χ3v) is 2.67. The van der Waals surface area contributed by atoms with Gasteiger partial charge < -0.3 is 14.3 Å². The van der Waals surface area contributed by atoms with Crippen molar-refractivity contribution in [3.63, 3.8) is 0 Å². The third-order valence-electron chi connectivity index (χ3n) is 2.37. The number of carboxylic acid groups (broad SMARTS) is 1. The van der Waals surface area contributed by atoms with E-state index in [1.165, 1.54) is 18.2 Å². The van der Waals surface area contributed by atoms with Crippen molar-refractivity contribution >= 4 is 28.5 Å². The Morgan fingerprint density at radius 2 is 2.21 bits per heavy atom. The smallest absolute Gasteiger partial charge is 0.351 e. The van der Waals surface area contributed by atoms with Crippen LogP contribution in [-0.2, 0) is 0 Å². The molecule has 0 amide bonds. The molecule has 0 fully saturated rings. The lowest BCUT2D eigenvalue weighted by Gasteiger charge is -2.07. The summed E-state index contributed by atoms with van der Waals surface area (Å²) in [5, 5.41) is 9.54. The highest BCUT2D eigenvalue weighted by Crippen LogP contribution is 2.29. The minimum Gasteiger partial charge on any atom is -0.488 e. The molecule has 1 aromatic heterocycles. The first-order chi connectivity index (χ1) is 9.02. The summed E-state index contributed by atoms with van der Waals surface area (Å²) in [6.07, 6.45) is 1.55. The second kappa shape index (κ2) is 5.16. The van der Waals surface area contributed by atoms with Gasteiger partial charge in [0.25, 0.3) is 0 Å². The van der Waals surface area contributed by atoms with Crippen LogP contribution in [-0.4, -0.2) is 17.7 Å². The molecule has 0 aliphatic heterocycles. The predicted octanol–water partition coefficient (Wildman–Crippen LogP) is 2.71. The summed E-state index contributed by atoms with van der Waals surface area (Å²) in [6.45, 7) is 3.76. The Bertz CT molecular complexity index is 717. The summed E-state index contributed by atoms with van der Waals surface area (Å²) < 4.78 is 10.2. The molecular weight excluding hydrogens is 272 g/mol. The van der Waals surface area contributed by atoms with Crippen molar-refractivity contribution in [2.24, 2.45) is 0 Å². The number of fused-ring (bicyclic) bond motifs is 1. The maximum atomic E-state index is 11.4. The zero-order valence-corrected chi connectivity index (χ0v) is 10.4. The summed E-state index contributed by atoms with van der Waals surface area (Å²) in [5.41, 5.74) is -1.15. The van der Waals surface area contributed by atoms with Crippen LogP contribution in [0.4, 0.5) is 0 Å². The summed E-state index contributed by atoms with van der Waals surface area (Å²) in [6, 6.07) is 4.13. The summed E-state index contributed by atoms with van der Waals surface area (Å²) in [5.74, 6) is -1.01. The van der Waals surface area contributed by atoms with Crippen LogP contribution in [0, 0.1) is 0 Å². The molecular formula is C13H9ClO5. The molecule has 1 heterocycles. The van der Waals surface area contributed by atoms with Crippen LogP contribution in [0.3, 0.4) is 0 Å². The Morgan fingerprint density at radius 3 is 2.84 bits per heavy atom. The molecule has 98 valence electrons. The van der Waals surface area contributed by atoms with Crippen LogP contribution in [0.25, 0.3) is 11.0 Å². The minimum absolute atomic E-state index is 0.207. The lowest BCUT2D eigenvalue weighted by Crippen LogP contribution is -2.12. The number of halogens is 1. The second-order valence-electron chi connectivity index (χ2n) is 3.67. The lowest BCUT2D eigenvalue weighted by molar-refractivity contribution is 0.0692. The van der Waals surface area contributed by atoms with E-state index in [9.17, 15) is 9.59 Å². The zero-order valence-electron chi connectivity index (χ0n) is 9.68. The number of benzene rings is 1. The largest absolute Gasteiger partial charge is 0.488 e. The molecule has 0 radical (unpaired) electrons. The molecule has 0 spiro atoms. The fourth-order valence-corrected chi connectivity index (χ4v) is 1.76. The molecule has 2 aromatic rings. The molecule has 0 atom stereocenters. The van der Waals surface area contributed by atoms with Crippen LogP contribution in [0.2, 0.25) is 5.02 Å². The molecule has 0 saturated carbocycles. The van der Waals surface area contributed by atoms with E-state index in [0.29, 0.717) is 16.2 Å². The second-order valence-corrected chi connectivity index (χ2v) is 4.08. The van der Waals surface area contributed by atoms with Gasteiger partial charge in [-0.15, -0.1) is 0 Å². The minimum atomic E-state index is -1.35. The van der Waals surface area contributed by atoms with Crippen LogP contribution in [0.5, 0.6) is 5.75 Å². The Balaban J connectivity index is 2.61. The number of carboxylic acids is 1. The molecule has 0 bridgehead atoms. The van der Waals surface area contributed by atoms with Gasteiger partial charge in [0.1, 0.15) is 23.5 Å². The Hall–Kier alpha value is -2.27. The van der Waals surface area contributed by atoms with E-state index in [0.717, 1.165) is 0 Å². The van der Waals surface area contributed by atoms with E-state index < -0.39 is 17.2 Å². The number of rotatable bonds is 4. The van der Waals surface area contributed by atoms with Crippen molar-refractivity contribution in [1.82, 2.24) is 0 Å². The average Bonchev–Trinajstić information content (AvgIpc) is 2.36. The molecule has 0 saturated heterocycles. The van der Waals surface area contributed by atoms with Crippen LogP contribution < -0.4 is 10.4 Å². The van der Waals surface area contributed by atoms with Gasteiger partial charge in [-0.1, -0.05) is 24.3 Å². The van der Waals surface area contributed by atoms with Gasteiger partial charge in [-0.2, -0.15) is 0 Å². The van der Waals surface area contributed by atoms with Gasteiger partial charge in [0.2, 0.25) is 0 Å².